The van der Waals surface area contributed by atoms with Crippen molar-refractivity contribution in [3.63, 3.8) is 0 Å². The van der Waals surface area contributed by atoms with Crippen molar-refractivity contribution < 1.29 is 0 Å². The monoisotopic (exact) mass is 228 g/mol. The Kier molecular flexibility index (Phi) is 3.59. The van der Waals surface area contributed by atoms with Gasteiger partial charge in [-0.2, -0.15) is 0 Å². The lowest BCUT2D eigenvalue weighted by Gasteiger charge is -2.32. The number of likely N-dealkylation sites (tertiary alicyclic amines) is 1. The number of aromatic nitrogens is 3. The van der Waals surface area contributed by atoms with Crippen LogP contribution in [-0.4, -0.2) is 39.3 Å². The first-order valence-electron chi connectivity index (χ1n) is 5.44. The van der Waals surface area contributed by atoms with Gasteiger partial charge in [0.2, 0.25) is 0 Å². The van der Waals surface area contributed by atoms with Crippen LogP contribution >= 0.6 is 11.6 Å². The molecule has 2 heterocycles. The van der Waals surface area contributed by atoms with Gasteiger partial charge in [0.15, 0.2) is 0 Å². The summed E-state index contributed by atoms with van der Waals surface area (Å²) in [7, 11) is 2.19. The van der Waals surface area contributed by atoms with Gasteiger partial charge in [0.1, 0.15) is 12.2 Å². The Bertz CT molecular complexity index is 312. The van der Waals surface area contributed by atoms with Crippen LogP contribution < -0.4 is 0 Å². The molecule has 1 aromatic heterocycles. The van der Waals surface area contributed by atoms with E-state index in [4.69, 9.17) is 11.6 Å². The fourth-order valence-electron chi connectivity index (χ4n) is 2.14. The van der Waals surface area contributed by atoms with Crippen molar-refractivity contribution in [3.8, 4) is 0 Å². The van der Waals surface area contributed by atoms with E-state index in [-0.39, 0.29) is 0 Å². The quantitative estimate of drug-likeness (QED) is 0.736. The highest BCUT2D eigenvalue weighted by atomic mass is 35.5. The lowest BCUT2D eigenvalue weighted by atomic mass is 10.0. The topological polar surface area (TPSA) is 34.0 Å². The number of rotatable bonds is 3. The van der Waals surface area contributed by atoms with Crippen molar-refractivity contribution in [2.45, 2.75) is 37.7 Å². The van der Waals surface area contributed by atoms with Crippen LogP contribution in [0.3, 0.4) is 0 Å². The van der Waals surface area contributed by atoms with E-state index in [0.717, 1.165) is 12.4 Å². The second-order valence-electron chi connectivity index (χ2n) is 4.16. The van der Waals surface area contributed by atoms with Crippen LogP contribution in [0.2, 0.25) is 0 Å². The normalized spacial score (nSPS) is 23.2. The number of halogens is 1. The second-order valence-corrected chi connectivity index (χ2v) is 4.43. The van der Waals surface area contributed by atoms with Gasteiger partial charge in [-0.25, -0.2) is 0 Å². The zero-order valence-electron chi connectivity index (χ0n) is 9.06. The van der Waals surface area contributed by atoms with E-state index in [1.54, 1.807) is 6.33 Å². The average Bonchev–Trinajstić information content (AvgIpc) is 2.69. The number of nitrogens with zero attached hydrogens (tertiary/aromatic N) is 4. The number of piperidine rings is 1. The van der Waals surface area contributed by atoms with E-state index in [0.29, 0.717) is 11.9 Å². The third kappa shape index (κ3) is 2.49. The average molecular weight is 229 g/mol. The molecule has 15 heavy (non-hydrogen) atoms. The lowest BCUT2D eigenvalue weighted by molar-refractivity contribution is 0.166. The second kappa shape index (κ2) is 4.94. The predicted molar refractivity (Wildman–Crippen MR) is 59.8 cm³/mol. The SMILES string of the molecule is CN1CCCCC1Cn1cnnc1CCl. The summed E-state index contributed by atoms with van der Waals surface area (Å²) in [4.78, 5) is 2.42. The molecule has 1 aliphatic heterocycles. The maximum absolute atomic E-state index is 5.79. The molecule has 0 radical (unpaired) electrons. The molecule has 4 nitrogen and oxygen atoms in total. The lowest BCUT2D eigenvalue weighted by Crippen LogP contribution is -2.39. The van der Waals surface area contributed by atoms with E-state index < -0.39 is 0 Å². The number of hydrogen-bond donors (Lipinski definition) is 0. The first-order chi connectivity index (χ1) is 7.31. The fourth-order valence-corrected chi connectivity index (χ4v) is 2.34. The Morgan fingerprint density at radius 1 is 1.53 bits per heavy atom. The molecular weight excluding hydrogens is 212 g/mol. The summed E-state index contributed by atoms with van der Waals surface area (Å²) >= 11 is 5.79. The summed E-state index contributed by atoms with van der Waals surface area (Å²) < 4.78 is 2.07. The first-order valence-corrected chi connectivity index (χ1v) is 5.97. The summed E-state index contributed by atoms with van der Waals surface area (Å²) in [6.45, 7) is 2.16. The van der Waals surface area contributed by atoms with E-state index in [1.807, 2.05) is 0 Å². The van der Waals surface area contributed by atoms with Gasteiger partial charge in [0, 0.05) is 12.6 Å². The zero-order valence-corrected chi connectivity index (χ0v) is 9.82. The smallest absolute Gasteiger partial charge is 0.147 e. The van der Waals surface area contributed by atoms with Crippen LogP contribution in [0.15, 0.2) is 6.33 Å². The van der Waals surface area contributed by atoms with Gasteiger partial charge in [-0.05, 0) is 26.4 Å². The number of likely N-dealkylation sites (N-methyl/N-ethyl adjacent to an activating group) is 1. The van der Waals surface area contributed by atoms with Gasteiger partial charge < -0.3 is 9.47 Å². The molecule has 0 aliphatic carbocycles. The minimum absolute atomic E-state index is 0.441. The van der Waals surface area contributed by atoms with Gasteiger partial charge >= 0.3 is 0 Å². The number of alkyl halides is 1. The Balaban J connectivity index is 2.01. The Hall–Kier alpha value is -0.610. The van der Waals surface area contributed by atoms with Crippen molar-refractivity contribution >= 4 is 11.6 Å². The molecule has 1 atom stereocenters. The third-order valence-corrected chi connectivity index (χ3v) is 3.38. The molecule has 1 aromatic rings. The molecule has 2 rings (SSSR count). The number of hydrogen-bond acceptors (Lipinski definition) is 3. The maximum Gasteiger partial charge on any atom is 0.147 e. The minimum Gasteiger partial charge on any atom is -0.315 e. The predicted octanol–water partition coefficient (Wildman–Crippen LogP) is 1.50. The molecule has 0 spiro atoms. The molecule has 0 N–H and O–H groups in total. The Morgan fingerprint density at radius 3 is 3.13 bits per heavy atom. The highest BCUT2D eigenvalue weighted by molar-refractivity contribution is 6.16. The molecule has 1 unspecified atom stereocenters. The van der Waals surface area contributed by atoms with Gasteiger partial charge in [-0.3, -0.25) is 0 Å². The molecule has 84 valence electrons. The van der Waals surface area contributed by atoms with Crippen LogP contribution in [0.5, 0.6) is 0 Å². The van der Waals surface area contributed by atoms with Crippen LogP contribution in [0.1, 0.15) is 25.1 Å². The summed E-state index contributed by atoms with van der Waals surface area (Å²) in [5.41, 5.74) is 0. The highest BCUT2D eigenvalue weighted by Gasteiger charge is 2.20. The molecule has 0 saturated carbocycles. The molecule has 1 saturated heterocycles. The van der Waals surface area contributed by atoms with Crippen LogP contribution in [0, 0.1) is 0 Å². The standard InChI is InChI=1S/C10H17ClN4/c1-14-5-3-2-4-9(14)7-15-8-12-13-10(15)6-11/h8-9H,2-7H2,1H3. The largest absolute Gasteiger partial charge is 0.315 e. The van der Waals surface area contributed by atoms with Crippen LogP contribution in [-0.2, 0) is 12.4 Å². The van der Waals surface area contributed by atoms with Gasteiger partial charge in [-0.15, -0.1) is 21.8 Å². The van der Waals surface area contributed by atoms with Gasteiger partial charge in [0.05, 0.1) is 5.88 Å². The molecule has 5 heteroatoms. The maximum atomic E-state index is 5.79. The van der Waals surface area contributed by atoms with Crippen molar-refractivity contribution in [2.24, 2.45) is 0 Å². The van der Waals surface area contributed by atoms with Crippen LogP contribution in [0.25, 0.3) is 0 Å². The summed E-state index contributed by atoms with van der Waals surface area (Å²) in [5.74, 6) is 1.31. The van der Waals surface area contributed by atoms with E-state index in [9.17, 15) is 0 Å². The Labute approximate surface area is 95.2 Å². The molecular formula is C10H17ClN4. The van der Waals surface area contributed by atoms with E-state index in [1.165, 1.54) is 25.8 Å². The first kappa shape index (κ1) is 10.9. The third-order valence-electron chi connectivity index (χ3n) is 3.14. The summed E-state index contributed by atoms with van der Waals surface area (Å²) in [6, 6.07) is 0.608. The molecule has 0 aromatic carbocycles. The van der Waals surface area contributed by atoms with Gasteiger partial charge in [0.25, 0.3) is 0 Å². The highest BCUT2D eigenvalue weighted by Crippen LogP contribution is 2.17. The van der Waals surface area contributed by atoms with Crippen molar-refractivity contribution in [1.29, 1.82) is 0 Å². The zero-order chi connectivity index (χ0) is 10.7. The fraction of sp³-hybridized carbons (Fsp3) is 0.800. The molecule has 1 fully saturated rings. The summed E-state index contributed by atoms with van der Waals surface area (Å²) in [6.07, 6.45) is 5.68. The molecule has 0 bridgehead atoms. The van der Waals surface area contributed by atoms with Crippen molar-refractivity contribution in [1.82, 2.24) is 19.7 Å². The minimum atomic E-state index is 0.441. The van der Waals surface area contributed by atoms with Crippen LogP contribution in [0.4, 0.5) is 0 Å². The van der Waals surface area contributed by atoms with Crippen molar-refractivity contribution in [3.05, 3.63) is 12.2 Å². The molecule has 0 amide bonds. The van der Waals surface area contributed by atoms with E-state index >= 15 is 0 Å². The van der Waals surface area contributed by atoms with Crippen molar-refractivity contribution in [2.75, 3.05) is 13.6 Å². The van der Waals surface area contributed by atoms with E-state index in [2.05, 4.69) is 26.7 Å². The molecule has 1 aliphatic rings. The van der Waals surface area contributed by atoms with Gasteiger partial charge in [-0.1, -0.05) is 6.42 Å². The summed E-state index contributed by atoms with van der Waals surface area (Å²) in [5, 5.41) is 7.88. The Morgan fingerprint density at radius 2 is 2.40 bits per heavy atom.